The number of aryl methyl sites for hydroxylation is 1. The fraction of sp³-hybridized carbons (Fsp3) is 0.300. The molecule has 1 amide bonds. The number of anilines is 1. The molecule has 5 nitrogen and oxygen atoms in total. The smallest absolute Gasteiger partial charge is 0.267 e. The van der Waals surface area contributed by atoms with Gasteiger partial charge in [0.2, 0.25) is 0 Å². The molecule has 2 fully saturated rings. The zero-order valence-corrected chi connectivity index (χ0v) is 16.8. The Labute approximate surface area is 168 Å². The molecule has 1 aromatic carbocycles. The summed E-state index contributed by atoms with van der Waals surface area (Å²) in [6.45, 7) is 6.13. The molecule has 2 saturated heterocycles. The maximum absolute atomic E-state index is 12.8. The van der Waals surface area contributed by atoms with Crippen LogP contribution in [0.3, 0.4) is 0 Å². The van der Waals surface area contributed by atoms with Gasteiger partial charge in [0.15, 0.2) is 0 Å². The summed E-state index contributed by atoms with van der Waals surface area (Å²) >= 11 is 6.79. The third-order valence-corrected chi connectivity index (χ3v) is 6.12. The Hall–Kier alpha value is -2.09. The van der Waals surface area contributed by atoms with E-state index >= 15 is 0 Å². The second kappa shape index (κ2) is 7.88. The van der Waals surface area contributed by atoms with Crippen molar-refractivity contribution in [2.75, 3.05) is 37.7 Å². The summed E-state index contributed by atoms with van der Waals surface area (Å²) in [5, 5.41) is 0. The number of thioether (sulfide) groups is 1. The van der Waals surface area contributed by atoms with E-state index in [0.29, 0.717) is 21.7 Å². The number of benzene rings is 1. The fourth-order valence-electron chi connectivity index (χ4n) is 3.27. The van der Waals surface area contributed by atoms with Crippen molar-refractivity contribution >= 4 is 46.0 Å². The van der Waals surface area contributed by atoms with Crippen LogP contribution in [-0.4, -0.2) is 52.9 Å². The molecule has 0 saturated carbocycles. The first-order valence-electron chi connectivity index (χ1n) is 8.94. The highest BCUT2D eigenvalue weighted by Crippen LogP contribution is 2.33. The molecular weight excluding hydrogens is 378 g/mol. The highest BCUT2D eigenvalue weighted by Gasteiger charge is 2.34. The van der Waals surface area contributed by atoms with Gasteiger partial charge in [0.25, 0.3) is 5.91 Å². The molecule has 0 unspecified atom stereocenters. The third kappa shape index (κ3) is 4.10. The molecule has 0 radical (unpaired) electrons. The Kier molecular flexibility index (Phi) is 5.33. The van der Waals surface area contributed by atoms with E-state index in [-0.39, 0.29) is 5.91 Å². The van der Waals surface area contributed by atoms with Gasteiger partial charge in [-0.2, -0.15) is 0 Å². The summed E-state index contributed by atoms with van der Waals surface area (Å²) < 4.78 is 6.16. The number of nitrogens with zero attached hydrogens (tertiary/aromatic N) is 3. The Morgan fingerprint density at radius 3 is 2.52 bits per heavy atom. The molecule has 3 heterocycles. The van der Waals surface area contributed by atoms with Crippen molar-refractivity contribution in [2.45, 2.75) is 6.92 Å². The topological polar surface area (TPSA) is 39.9 Å². The minimum Gasteiger partial charge on any atom is -0.462 e. The number of furan rings is 1. The molecule has 4 rings (SSSR count). The molecule has 2 aliphatic heterocycles. The predicted molar refractivity (Wildman–Crippen MR) is 114 cm³/mol. The van der Waals surface area contributed by atoms with E-state index in [4.69, 9.17) is 16.6 Å². The average molecular weight is 400 g/mol. The van der Waals surface area contributed by atoms with Crippen LogP contribution in [0.25, 0.3) is 6.08 Å². The van der Waals surface area contributed by atoms with Gasteiger partial charge in [-0.05, 0) is 31.2 Å². The van der Waals surface area contributed by atoms with Crippen molar-refractivity contribution < 1.29 is 9.21 Å². The summed E-state index contributed by atoms with van der Waals surface area (Å²) in [6.07, 6.45) is 1.78. The summed E-state index contributed by atoms with van der Waals surface area (Å²) in [7, 11) is 0. The van der Waals surface area contributed by atoms with Crippen LogP contribution in [0.2, 0.25) is 0 Å². The van der Waals surface area contributed by atoms with Gasteiger partial charge in [0, 0.05) is 37.9 Å². The highest BCUT2D eigenvalue weighted by molar-refractivity contribution is 8.26. The maximum atomic E-state index is 12.8. The second-order valence-corrected chi connectivity index (χ2v) is 8.32. The first-order valence-corrected chi connectivity index (χ1v) is 10.2. The Bertz CT molecular complexity index is 870. The molecule has 140 valence electrons. The molecule has 0 bridgehead atoms. The maximum Gasteiger partial charge on any atom is 0.267 e. The van der Waals surface area contributed by atoms with Crippen LogP contribution >= 0.6 is 24.0 Å². The van der Waals surface area contributed by atoms with Crippen molar-refractivity contribution in [1.29, 1.82) is 0 Å². The first kappa shape index (κ1) is 18.3. The van der Waals surface area contributed by atoms with Gasteiger partial charge >= 0.3 is 0 Å². The van der Waals surface area contributed by atoms with Crippen molar-refractivity contribution in [1.82, 2.24) is 9.80 Å². The first-order chi connectivity index (χ1) is 13.1. The van der Waals surface area contributed by atoms with Crippen LogP contribution in [-0.2, 0) is 4.79 Å². The quantitative estimate of drug-likeness (QED) is 0.578. The van der Waals surface area contributed by atoms with Crippen LogP contribution in [0.1, 0.15) is 11.5 Å². The van der Waals surface area contributed by atoms with Crippen molar-refractivity contribution in [2.24, 2.45) is 0 Å². The molecule has 1 aromatic heterocycles. The van der Waals surface area contributed by atoms with Crippen molar-refractivity contribution in [3.63, 3.8) is 0 Å². The summed E-state index contributed by atoms with van der Waals surface area (Å²) in [5.41, 5.74) is 1.25. The van der Waals surface area contributed by atoms with Crippen molar-refractivity contribution in [3.8, 4) is 0 Å². The number of amides is 1. The van der Waals surface area contributed by atoms with E-state index in [1.165, 1.54) is 17.4 Å². The van der Waals surface area contributed by atoms with Gasteiger partial charge in [-0.1, -0.05) is 42.2 Å². The Balaban J connectivity index is 1.37. The SMILES string of the molecule is Cc1ccc(/C=C2/SC(=S)N(CN3CCN(c4ccccc4)CC3)C2=O)o1. The molecule has 7 heteroatoms. The summed E-state index contributed by atoms with van der Waals surface area (Å²) in [6, 6.07) is 14.2. The zero-order chi connectivity index (χ0) is 18.8. The van der Waals surface area contributed by atoms with Crippen molar-refractivity contribution in [3.05, 3.63) is 58.9 Å². The molecule has 0 atom stereocenters. The molecule has 0 spiro atoms. The number of thiocarbonyl (C=S) groups is 1. The summed E-state index contributed by atoms with van der Waals surface area (Å²) in [4.78, 5) is 19.7. The third-order valence-electron chi connectivity index (χ3n) is 4.74. The lowest BCUT2D eigenvalue weighted by Crippen LogP contribution is -2.50. The van der Waals surface area contributed by atoms with E-state index in [0.717, 1.165) is 31.9 Å². The van der Waals surface area contributed by atoms with E-state index in [2.05, 4.69) is 34.1 Å². The average Bonchev–Trinajstić information content (AvgIpc) is 3.21. The van der Waals surface area contributed by atoms with Crippen LogP contribution in [0.5, 0.6) is 0 Å². The number of carbonyl (C=O) groups is 1. The molecule has 0 aliphatic carbocycles. The molecule has 0 N–H and O–H groups in total. The van der Waals surface area contributed by atoms with Gasteiger partial charge in [0.1, 0.15) is 15.8 Å². The lowest BCUT2D eigenvalue weighted by molar-refractivity contribution is -0.123. The van der Waals surface area contributed by atoms with E-state index < -0.39 is 0 Å². The number of para-hydroxylation sites is 1. The minimum atomic E-state index is -0.0375. The normalized spacial score (nSPS) is 20.1. The molecule has 2 aromatic rings. The largest absolute Gasteiger partial charge is 0.462 e. The second-order valence-electron chi connectivity index (χ2n) is 6.64. The molecule has 2 aliphatic rings. The van der Waals surface area contributed by atoms with Gasteiger partial charge in [-0.15, -0.1) is 0 Å². The Morgan fingerprint density at radius 1 is 1.11 bits per heavy atom. The van der Waals surface area contributed by atoms with E-state index in [9.17, 15) is 4.79 Å². The Morgan fingerprint density at radius 2 is 1.85 bits per heavy atom. The van der Waals surface area contributed by atoms with Crippen LogP contribution < -0.4 is 4.90 Å². The van der Waals surface area contributed by atoms with E-state index in [1.807, 2.05) is 25.1 Å². The van der Waals surface area contributed by atoms with Gasteiger partial charge in [-0.25, -0.2) is 0 Å². The number of piperazine rings is 1. The number of rotatable bonds is 4. The number of hydrogen-bond donors (Lipinski definition) is 0. The van der Waals surface area contributed by atoms with Gasteiger partial charge in [0.05, 0.1) is 11.6 Å². The van der Waals surface area contributed by atoms with Gasteiger partial charge in [-0.3, -0.25) is 14.6 Å². The predicted octanol–water partition coefficient (Wildman–Crippen LogP) is 3.57. The zero-order valence-electron chi connectivity index (χ0n) is 15.1. The monoisotopic (exact) mass is 399 g/mol. The minimum absolute atomic E-state index is 0.0375. The van der Waals surface area contributed by atoms with Crippen LogP contribution in [0.15, 0.2) is 51.8 Å². The summed E-state index contributed by atoms with van der Waals surface area (Å²) in [5.74, 6) is 1.47. The fourth-order valence-corrected chi connectivity index (χ4v) is 4.49. The number of hydrogen-bond acceptors (Lipinski definition) is 6. The molecule has 27 heavy (non-hydrogen) atoms. The van der Waals surface area contributed by atoms with Crippen LogP contribution in [0.4, 0.5) is 5.69 Å². The number of carbonyl (C=O) groups excluding carboxylic acids is 1. The van der Waals surface area contributed by atoms with Gasteiger partial charge < -0.3 is 9.32 Å². The lowest BCUT2D eigenvalue weighted by atomic mass is 10.2. The van der Waals surface area contributed by atoms with E-state index in [1.54, 1.807) is 11.0 Å². The highest BCUT2D eigenvalue weighted by atomic mass is 32.2. The molecular formula is C20H21N3O2S2. The standard InChI is InChI=1S/C20H21N3O2S2/c1-15-7-8-17(25-15)13-18-19(24)23(20(26)27-18)14-21-9-11-22(12-10-21)16-5-3-2-4-6-16/h2-8,13H,9-12,14H2,1H3/b18-13+. The lowest BCUT2D eigenvalue weighted by Gasteiger charge is -2.37. The van der Waals surface area contributed by atoms with Crippen LogP contribution in [0, 0.1) is 6.92 Å².